The summed E-state index contributed by atoms with van der Waals surface area (Å²) in [5, 5.41) is 3.48. The second-order valence-electron chi connectivity index (χ2n) is 7.06. The highest BCUT2D eigenvalue weighted by atomic mass is 16.5. The number of ether oxygens (including phenoxy) is 4. The summed E-state index contributed by atoms with van der Waals surface area (Å²) in [5.74, 6) is 3.92. The van der Waals surface area contributed by atoms with Crippen LogP contribution in [0.3, 0.4) is 0 Å². The SMILES string of the molecule is CN=C(NCCc1ccc(OC)c(OC)c1)N1CCc2cc(OC)c(OC)cc2C1. The van der Waals surface area contributed by atoms with Crippen LogP contribution in [-0.2, 0) is 19.4 Å². The largest absolute Gasteiger partial charge is 0.493 e. The first-order valence-corrected chi connectivity index (χ1v) is 10.0. The Morgan fingerprint density at radius 2 is 1.53 bits per heavy atom. The fourth-order valence-corrected chi connectivity index (χ4v) is 3.75. The second-order valence-corrected chi connectivity index (χ2v) is 7.06. The Balaban J connectivity index is 1.62. The van der Waals surface area contributed by atoms with Gasteiger partial charge >= 0.3 is 0 Å². The minimum absolute atomic E-state index is 0.740. The second kappa shape index (κ2) is 10.1. The Labute approximate surface area is 178 Å². The molecule has 1 aliphatic heterocycles. The molecule has 7 heteroatoms. The molecule has 3 rings (SSSR count). The summed E-state index contributed by atoms with van der Waals surface area (Å²) in [4.78, 5) is 6.75. The molecule has 0 aliphatic carbocycles. The van der Waals surface area contributed by atoms with Crippen molar-refractivity contribution in [3.8, 4) is 23.0 Å². The van der Waals surface area contributed by atoms with Crippen molar-refractivity contribution in [2.24, 2.45) is 4.99 Å². The molecule has 0 radical (unpaired) electrons. The van der Waals surface area contributed by atoms with Gasteiger partial charge in [0.25, 0.3) is 0 Å². The summed E-state index contributed by atoms with van der Waals surface area (Å²) >= 11 is 0. The van der Waals surface area contributed by atoms with Gasteiger partial charge in [0.05, 0.1) is 28.4 Å². The van der Waals surface area contributed by atoms with Gasteiger partial charge in [-0.2, -0.15) is 0 Å². The smallest absolute Gasteiger partial charge is 0.193 e. The summed E-state index contributed by atoms with van der Waals surface area (Å²) in [6.07, 6.45) is 1.79. The maximum atomic E-state index is 5.47. The minimum Gasteiger partial charge on any atom is -0.493 e. The number of methoxy groups -OCH3 is 4. The van der Waals surface area contributed by atoms with Crippen LogP contribution >= 0.6 is 0 Å². The molecule has 2 aromatic carbocycles. The minimum atomic E-state index is 0.740. The number of nitrogens with one attached hydrogen (secondary N) is 1. The van der Waals surface area contributed by atoms with Gasteiger partial charge in [0.2, 0.25) is 0 Å². The van der Waals surface area contributed by atoms with Crippen molar-refractivity contribution < 1.29 is 18.9 Å². The standard InChI is InChI=1S/C23H31N3O4/c1-24-23(25-10-8-16-6-7-19(27-2)20(12-16)28-3)26-11-9-17-13-21(29-4)22(30-5)14-18(17)15-26/h6-7,12-14H,8-11,15H2,1-5H3,(H,24,25). The topological polar surface area (TPSA) is 64.6 Å². The van der Waals surface area contributed by atoms with Crippen LogP contribution in [0.2, 0.25) is 0 Å². The first-order chi connectivity index (χ1) is 14.6. The summed E-state index contributed by atoms with van der Waals surface area (Å²) < 4.78 is 21.6. The number of fused-ring (bicyclic) bond motifs is 1. The molecule has 30 heavy (non-hydrogen) atoms. The monoisotopic (exact) mass is 413 g/mol. The van der Waals surface area contributed by atoms with Crippen molar-refractivity contribution >= 4 is 5.96 Å². The molecule has 0 fully saturated rings. The number of rotatable bonds is 7. The average Bonchev–Trinajstić information content (AvgIpc) is 2.80. The number of aliphatic imine (C=N–C) groups is 1. The van der Waals surface area contributed by atoms with E-state index in [4.69, 9.17) is 18.9 Å². The van der Waals surface area contributed by atoms with Gasteiger partial charge in [-0.25, -0.2) is 0 Å². The molecule has 0 saturated carbocycles. The van der Waals surface area contributed by atoms with Gasteiger partial charge in [-0.1, -0.05) is 6.07 Å². The molecule has 162 valence electrons. The number of guanidine groups is 1. The summed E-state index contributed by atoms with van der Waals surface area (Å²) in [6.45, 7) is 2.46. The van der Waals surface area contributed by atoms with E-state index in [2.05, 4.69) is 33.4 Å². The van der Waals surface area contributed by atoms with Gasteiger partial charge in [0.15, 0.2) is 29.0 Å². The zero-order chi connectivity index (χ0) is 21.5. The zero-order valence-corrected chi connectivity index (χ0v) is 18.4. The van der Waals surface area contributed by atoms with E-state index in [0.717, 1.165) is 61.4 Å². The highest BCUT2D eigenvalue weighted by Gasteiger charge is 2.21. The molecule has 1 aliphatic rings. The lowest BCUT2D eigenvalue weighted by Crippen LogP contribution is -2.44. The molecule has 1 heterocycles. The van der Waals surface area contributed by atoms with E-state index < -0.39 is 0 Å². The Morgan fingerprint density at radius 3 is 2.17 bits per heavy atom. The van der Waals surface area contributed by atoms with Crippen LogP contribution in [0.25, 0.3) is 0 Å². The third-order valence-electron chi connectivity index (χ3n) is 5.37. The van der Waals surface area contributed by atoms with Crippen LogP contribution in [0, 0.1) is 0 Å². The maximum Gasteiger partial charge on any atom is 0.193 e. The van der Waals surface area contributed by atoms with Crippen LogP contribution in [0.4, 0.5) is 0 Å². The molecule has 0 saturated heterocycles. The van der Waals surface area contributed by atoms with Crippen LogP contribution in [0.1, 0.15) is 16.7 Å². The number of hydrogen-bond donors (Lipinski definition) is 1. The maximum absolute atomic E-state index is 5.47. The lowest BCUT2D eigenvalue weighted by Gasteiger charge is -2.32. The molecule has 0 atom stereocenters. The van der Waals surface area contributed by atoms with Crippen LogP contribution in [-0.4, -0.2) is 59.4 Å². The van der Waals surface area contributed by atoms with E-state index in [1.807, 2.05) is 19.2 Å². The van der Waals surface area contributed by atoms with Crippen molar-refractivity contribution in [3.63, 3.8) is 0 Å². The van der Waals surface area contributed by atoms with Gasteiger partial charge in [-0.05, 0) is 53.8 Å². The van der Waals surface area contributed by atoms with Gasteiger partial charge in [0, 0.05) is 26.7 Å². The summed E-state index contributed by atoms with van der Waals surface area (Å²) in [6, 6.07) is 10.2. The van der Waals surface area contributed by atoms with Crippen molar-refractivity contribution in [1.82, 2.24) is 10.2 Å². The molecule has 0 spiro atoms. The molecular formula is C23H31N3O4. The zero-order valence-electron chi connectivity index (χ0n) is 18.4. The average molecular weight is 414 g/mol. The first kappa shape index (κ1) is 21.6. The van der Waals surface area contributed by atoms with Crippen molar-refractivity contribution in [1.29, 1.82) is 0 Å². The third kappa shape index (κ3) is 4.72. The molecule has 2 aromatic rings. The highest BCUT2D eigenvalue weighted by Crippen LogP contribution is 2.33. The summed E-state index contributed by atoms with van der Waals surface area (Å²) in [5.41, 5.74) is 3.71. The molecule has 7 nitrogen and oxygen atoms in total. The molecule has 0 aromatic heterocycles. The number of nitrogens with zero attached hydrogens (tertiary/aromatic N) is 2. The molecule has 0 unspecified atom stereocenters. The lowest BCUT2D eigenvalue weighted by molar-refractivity contribution is 0.346. The first-order valence-electron chi connectivity index (χ1n) is 10.0. The molecular weight excluding hydrogens is 382 g/mol. The normalized spacial score (nSPS) is 13.5. The van der Waals surface area contributed by atoms with Crippen molar-refractivity contribution in [2.75, 3.05) is 48.6 Å². The van der Waals surface area contributed by atoms with E-state index in [1.165, 1.54) is 16.7 Å². The van der Waals surface area contributed by atoms with Crippen LogP contribution in [0.15, 0.2) is 35.3 Å². The van der Waals surface area contributed by atoms with Crippen molar-refractivity contribution in [2.45, 2.75) is 19.4 Å². The molecule has 1 N–H and O–H groups in total. The lowest BCUT2D eigenvalue weighted by atomic mass is 9.99. The van der Waals surface area contributed by atoms with E-state index in [0.29, 0.717) is 0 Å². The molecule has 0 amide bonds. The van der Waals surface area contributed by atoms with E-state index in [1.54, 1.807) is 28.4 Å². The number of hydrogen-bond acceptors (Lipinski definition) is 5. The Hall–Kier alpha value is -3.09. The van der Waals surface area contributed by atoms with Gasteiger partial charge in [0.1, 0.15) is 0 Å². The Morgan fingerprint density at radius 1 is 0.900 bits per heavy atom. The quantitative estimate of drug-likeness (QED) is 0.556. The van der Waals surface area contributed by atoms with Crippen LogP contribution < -0.4 is 24.3 Å². The Kier molecular flexibility index (Phi) is 7.27. The van der Waals surface area contributed by atoms with Gasteiger partial charge in [-0.3, -0.25) is 4.99 Å². The van der Waals surface area contributed by atoms with E-state index in [-0.39, 0.29) is 0 Å². The molecule has 0 bridgehead atoms. The van der Waals surface area contributed by atoms with Crippen LogP contribution in [0.5, 0.6) is 23.0 Å². The van der Waals surface area contributed by atoms with Gasteiger partial charge < -0.3 is 29.2 Å². The van der Waals surface area contributed by atoms with E-state index in [9.17, 15) is 0 Å². The number of benzene rings is 2. The predicted molar refractivity (Wildman–Crippen MR) is 118 cm³/mol. The predicted octanol–water partition coefficient (Wildman–Crippen LogP) is 2.90. The van der Waals surface area contributed by atoms with Crippen molar-refractivity contribution in [3.05, 3.63) is 47.0 Å². The highest BCUT2D eigenvalue weighted by molar-refractivity contribution is 5.80. The Bertz CT molecular complexity index is 898. The summed E-state index contributed by atoms with van der Waals surface area (Å²) in [7, 11) is 8.46. The fraction of sp³-hybridized carbons (Fsp3) is 0.435. The van der Waals surface area contributed by atoms with E-state index >= 15 is 0 Å². The third-order valence-corrected chi connectivity index (χ3v) is 5.37. The van der Waals surface area contributed by atoms with Gasteiger partial charge in [-0.15, -0.1) is 0 Å². The fourth-order valence-electron chi connectivity index (χ4n) is 3.75.